The maximum atomic E-state index is 12.8. The molecule has 134 valence electrons. The molecule has 5 nitrogen and oxygen atoms in total. The molecule has 0 saturated heterocycles. The first-order chi connectivity index (χ1) is 12.6. The van der Waals surface area contributed by atoms with Crippen LogP contribution in [0.15, 0.2) is 57.8 Å². The highest BCUT2D eigenvalue weighted by atomic mass is 35.5. The molecular formula is C18H15ClFN3O2S. The van der Waals surface area contributed by atoms with Gasteiger partial charge in [-0.1, -0.05) is 28.8 Å². The molecule has 0 bridgehead atoms. The number of halogens is 2. The predicted molar refractivity (Wildman–Crippen MR) is 99.7 cm³/mol. The minimum Gasteiger partial charge on any atom is -0.403 e. The van der Waals surface area contributed by atoms with Crippen LogP contribution in [0.1, 0.15) is 12.8 Å². The molecule has 0 atom stereocenters. The summed E-state index contributed by atoms with van der Waals surface area (Å²) in [5.74, 6) is 0.523. The van der Waals surface area contributed by atoms with Crippen LogP contribution < -0.4 is 5.32 Å². The summed E-state index contributed by atoms with van der Waals surface area (Å²) >= 11 is 7.65. The van der Waals surface area contributed by atoms with Crippen LogP contribution in [-0.4, -0.2) is 21.9 Å². The molecule has 0 unspecified atom stereocenters. The summed E-state index contributed by atoms with van der Waals surface area (Å²) < 4.78 is 18.3. The highest BCUT2D eigenvalue weighted by Gasteiger charge is 2.13. The summed E-state index contributed by atoms with van der Waals surface area (Å²) in [6, 6.07) is 13.4. The fourth-order valence-electron chi connectivity index (χ4n) is 2.15. The van der Waals surface area contributed by atoms with Gasteiger partial charge >= 0.3 is 6.01 Å². The smallest absolute Gasteiger partial charge is 0.322 e. The largest absolute Gasteiger partial charge is 0.403 e. The Morgan fingerprint density at radius 2 is 1.92 bits per heavy atom. The molecule has 1 amide bonds. The average molecular weight is 392 g/mol. The second-order valence-corrected chi connectivity index (χ2v) is 6.92. The van der Waals surface area contributed by atoms with E-state index in [4.69, 9.17) is 16.0 Å². The Hall–Kier alpha value is -2.38. The molecule has 0 radical (unpaired) electrons. The predicted octanol–water partition coefficient (Wildman–Crippen LogP) is 5.04. The molecule has 0 fully saturated rings. The minimum atomic E-state index is -0.260. The number of amides is 1. The lowest BCUT2D eigenvalue weighted by Crippen LogP contribution is -2.11. The maximum absolute atomic E-state index is 12.8. The number of hydrogen-bond acceptors (Lipinski definition) is 5. The van der Waals surface area contributed by atoms with Crippen molar-refractivity contribution in [3.05, 3.63) is 59.4 Å². The van der Waals surface area contributed by atoms with Crippen LogP contribution in [0.4, 0.5) is 10.4 Å². The van der Waals surface area contributed by atoms with E-state index >= 15 is 0 Å². The van der Waals surface area contributed by atoms with E-state index in [1.807, 2.05) is 6.07 Å². The van der Waals surface area contributed by atoms with Crippen molar-refractivity contribution < 1.29 is 13.6 Å². The van der Waals surface area contributed by atoms with Gasteiger partial charge in [0.25, 0.3) is 5.89 Å². The highest BCUT2D eigenvalue weighted by Crippen LogP contribution is 2.27. The molecule has 1 heterocycles. The molecule has 3 aromatic rings. The van der Waals surface area contributed by atoms with Crippen LogP contribution in [0.2, 0.25) is 5.02 Å². The molecule has 1 N–H and O–H groups in total. The van der Waals surface area contributed by atoms with E-state index in [1.54, 1.807) is 42.1 Å². The first kappa shape index (κ1) is 18.4. The van der Waals surface area contributed by atoms with Gasteiger partial charge in [-0.2, -0.15) is 0 Å². The zero-order valence-electron chi connectivity index (χ0n) is 13.6. The van der Waals surface area contributed by atoms with Gasteiger partial charge in [0, 0.05) is 11.3 Å². The van der Waals surface area contributed by atoms with Crippen molar-refractivity contribution in [2.45, 2.75) is 17.7 Å². The van der Waals surface area contributed by atoms with Crippen LogP contribution in [0.5, 0.6) is 0 Å². The Kier molecular flexibility index (Phi) is 6.25. The van der Waals surface area contributed by atoms with E-state index in [-0.39, 0.29) is 23.6 Å². The van der Waals surface area contributed by atoms with Crippen LogP contribution in [0.3, 0.4) is 0 Å². The lowest BCUT2D eigenvalue weighted by molar-refractivity contribution is -0.116. The minimum absolute atomic E-state index is 0.0381. The fraction of sp³-hybridized carbons (Fsp3) is 0.167. The van der Waals surface area contributed by atoms with E-state index in [9.17, 15) is 9.18 Å². The number of nitrogens with zero attached hydrogens (tertiary/aromatic N) is 2. The molecule has 2 aromatic carbocycles. The number of carbonyl (C=O) groups excluding carboxylic acids is 1. The molecule has 1 aromatic heterocycles. The van der Waals surface area contributed by atoms with Crippen LogP contribution in [0, 0.1) is 5.82 Å². The second kappa shape index (κ2) is 8.82. The summed E-state index contributed by atoms with van der Waals surface area (Å²) in [6.07, 6.45) is 0.984. The SMILES string of the molecule is O=C(CCCSc1ccc(F)cc1)Nc1nnc(-c2ccccc2Cl)o1. The Morgan fingerprint density at radius 3 is 2.69 bits per heavy atom. The standard InChI is InChI=1S/C18H15ClFN3O2S/c19-15-5-2-1-4-14(15)17-22-23-18(25-17)21-16(24)6-3-11-26-13-9-7-12(20)8-10-13/h1-2,4-5,7-10H,3,6,11H2,(H,21,23,24). The van der Waals surface area contributed by atoms with Crippen LogP contribution in [-0.2, 0) is 4.79 Å². The number of thioether (sulfide) groups is 1. The molecule has 0 aliphatic carbocycles. The summed E-state index contributed by atoms with van der Waals surface area (Å²) in [6.45, 7) is 0. The number of benzene rings is 2. The summed E-state index contributed by atoms with van der Waals surface area (Å²) in [5.41, 5.74) is 0.609. The fourth-order valence-corrected chi connectivity index (χ4v) is 3.22. The van der Waals surface area contributed by atoms with Gasteiger partial charge in [-0.05, 0) is 48.6 Å². The summed E-state index contributed by atoms with van der Waals surface area (Å²) in [4.78, 5) is 12.9. The van der Waals surface area contributed by atoms with E-state index in [2.05, 4.69) is 15.5 Å². The normalized spacial score (nSPS) is 10.7. The number of aromatic nitrogens is 2. The zero-order chi connectivity index (χ0) is 18.4. The number of hydrogen-bond donors (Lipinski definition) is 1. The van der Waals surface area contributed by atoms with Gasteiger partial charge < -0.3 is 4.42 Å². The van der Waals surface area contributed by atoms with Gasteiger partial charge in [0.1, 0.15) is 5.82 Å². The van der Waals surface area contributed by atoms with Gasteiger partial charge in [0.2, 0.25) is 5.91 Å². The number of carbonyl (C=O) groups is 1. The molecule has 0 saturated carbocycles. The zero-order valence-corrected chi connectivity index (χ0v) is 15.2. The lowest BCUT2D eigenvalue weighted by atomic mass is 10.2. The van der Waals surface area contributed by atoms with Crippen molar-refractivity contribution in [1.82, 2.24) is 10.2 Å². The first-order valence-corrected chi connectivity index (χ1v) is 9.25. The Labute approximate surface area is 159 Å². The third-order valence-corrected chi connectivity index (χ3v) is 4.83. The van der Waals surface area contributed by atoms with E-state index < -0.39 is 0 Å². The Balaban J connectivity index is 1.45. The topological polar surface area (TPSA) is 68.0 Å². The molecule has 0 aliphatic rings. The van der Waals surface area contributed by atoms with Gasteiger partial charge in [-0.3, -0.25) is 10.1 Å². The second-order valence-electron chi connectivity index (χ2n) is 5.35. The molecular weight excluding hydrogens is 377 g/mol. The molecule has 3 rings (SSSR count). The van der Waals surface area contributed by atoms with Crippen LogP contribution >= 0.6 is 23.4 Å². The average Bonchev–Trinajstić information content (AvgIpc) is 3.09. The summed E-state index contributed by atoms with van der Waals surface area (Å²) in [5, 5.41) is 10.8. The van der Waals surface area contributed by atoms with Crippen molar-refractivity contribution >= 4 is 35.3 Å². The van der Waals surface area contributed by atoms with Gasteiger partial charge in [-0.15, -0.1) is 16.9 Å². The molecule has 0 aliphatic heterocycles. The third-order valence-electron chi connectivity index (χ3n) is 3.41. The number of nitrogens with one attached hydrogen (secondary N) is 1. The van der Waals surface area contributed by atoms with E-state index in [0.29, 0.717) is 23.4 Å². The first-order valence-electron chi connectivity index (χ1n) is 7.88. The van der Waals surface area contributed by atoms with Crippen molar-refractivity contribution in [2.24, 2.45) is 0 Å². The van der Waals surface area contributed by atoms with Crippen molar-refractivity contribution in [2.75, 3.05) is 11.1 Å². The Bertz CT molecular complexity index is 886. The van der Waals surface area contributed by atoms with Crippen LogP contribution in [0.25, 0.3) is 11.5 Å². The summed E-state index contributed by atoms with van der Waals surface area (Å²) in [7, 11) is 0. The quantitative estimate of drug-likeness (QED) is 0.451. The van der Waals surface area contributed by atoms with Crippen molar-refractivity contribution in [1.29, 1.82) is 0 Å². The van der Waals surface area contributed by atoms with Gasteiger partial charge in [0.15, 0.2) is 0 Å². The number of anilines is 1. The van der Waals surface area contributed by atoms with E-state index in [1.165, 1.54) is 12.1 Å². The monoisotopic (exact) mass is 391 g/mol. The molecule has 8 heteroatoms. The highest BCUT2D eigenvalue weighted by molar-refractivity contribution is 7.99. The van der Waals surface area contributed by atoms with Crippen molar-refractivity contribution in [3.8, 4) is 11.5 Å². The van der Waals surface area contributed by atoms with Crippen molar-refractivity contribution in [3.63, 3.8) is 0 Å². The number of rotatable bonds is 7. The lowest BCUT2D eigenvalue weighted by Gasteiger charge is -2.02. The molecule has 0 spiro atoms. The Morgan fingerprint density at radius 1 is 1.15 bits per heavy atom. The maximum Gasteiger partial charge on any atom is 0.322 e. The van der Waals surface area contributed by atoms with Gasteiger partial charge in [-0.25, -0.2) is 4.39 Å². The van der Waals surface area contributed by atoms with Gasteiger partial charge in [0.05, 0.1) is 10.6 Å². The van der Waals surface area contributed by atoms with E-state index in [0.717, 1.165) is 10.6 Å². The third kappa shape index (κ3) is 5.06. The molecule has 26 heavy (non-hydrogen) atoms.